The number of esters is 6. The Labute approximate surface area is 525 Å². The highest BCUT2D eigenvalue weighted by molar-refractivity contribution is 5.95. The van der Waals surface area contributed by atoms with Gasteiger partial charge in [-0.15, -0.1) is 0 Å². The van der Waals surface area contributed by atoms with Gasteiger partial charge in [-0.25, -0.2) is 4.79 Å². The number of ketones is 1. The van der Waals surface area contributed by atoms with Crippen LogP contribution in [0.25, 0.3) is 22.3 Å². The van der Waals surface area contributed by atoms with Gasteiger partial charge in [0.25, 0.3) is 0 Å². The Bertz CT molecular complexity index is 3820. The number of likely N-dealkylation sites (N-methyl/N-ethyl adjacent to an activating group) is 1. The lowest BCUT2D eigenvalue weighted by Gasteiger charge is -2.68. The Morgan fingerprint density at radius 1 is 0.758 bits per heavy atom. The number of rotatable bonds is 21. The zero-order valence-electron chi connectivity index (χ0n) is 51.8. The summed E-state index contributed by atoms with van der Waals surface area (Å²) in [6, 6.07) is 38.1. The number of hydrogen-bond donors (Lipinski definition) is 3. The Morgan fingerprint density at radius 3 is 2.00 bits per heavy atom. The Hall–Kier alpha value is -8.86. The SMILES string of the molecule is CC(=O)O[C@H]1C(=O)[C@]2(C)[C@@H](OC(=O)CN(C)C)C[C@H]3OC[C@@]3(OC(C)=O)[C@H]2[C@H](OCc2ccccc2)[C@]2(O)C[C@H](OC(=O)[C@H](OC(=O)CCC(=O)Oc3ccc4c(=O)c(O)c(-c5ccccc5)oc4c3)[C@@H](NCc3ccccc3)c3ccccc3)C(C)=C1C2(C)C. The second-order valence-electron chi connectivity index (χ2n) is 24.7. The van der Waals surface area contributed by atoms with E-state index in [1.54, 1.807) is 125 Å². The fourth-order valence-electron chi connectivity index (χ4n) is 13.6. The molecule has 3 aliphatic carbocycles. The first-order chi connectivity index (χ1) is 43.4. The third kappa shape index (κ3) is 12.9. The second kappa shape index (κ2) is 26.5. The second-order valence-corrected chi connectivity index (χ2v) is 24.7. The van der Waals surface area contributed by atoms with E-state index < -0.39 is 143 Å². The van der Waals surface area contributed by atoms with E-state index in [2.05, 4.69) is 5.32 Å². The van der Waals surface area contributed by atoms with Crippen LogP contribution in [0.2, 0.25) is 0 Å². The van der Waals surface area contributed by atoms with Crippen LogP contribution in [0.4, 0.5) is 0 Å². The van der Waals surface area contributed by atoms with E-state index in [0.29, 0.717) is 16.7 Å². The molecular weight excluding hydrogens is 1170 g/mol. The quantitative estimate of drug-likeness (QED) is 0.0266. The molecule has 2 bridgehead atoms. The maximum absolute atomic E-state index is 16.4. The first kappa shape index (κ1) is 65.1. The summed E-state index contributed by atoms with van der Waals surface area (Å²) in [6.07, 6.45) is -11.0. The molecule has 2 saturated carbocycles. The van der Waals surface area contributed by atoms with Gasteiger partial charge in [-0.1, -0.05) is 135 Å². The van der Waals surface area contributed by atoms with Gasteiger partial charge in [-0.2, -0.15) is 0 Å². The Kier molecular flexibility index (Phi) is 19.0. The lowest BCUT2D eigenvalue weighted by Crippen LogP contribution is -2.82. The minimum atomic E-state index is -2.31. The lowest BCUT2D eigenvalue weighted by molar-refractivity contribution is -0.352. The van der Waals surface area contributed by atoms with Gasteiger partial charge < -0.3 is 57.8 Å². The Morgan fingerprint density at radius 2 is 1.38 bits per heavy atom. The summed E-state index contributed by atoms with van der Waals surface area (Å²) in [5.74, 6) is -8.40. The highest BCUT2D eigenvalue weighted by Gasteiger charge is 2.78. The molecule has 21 heteroatoms. The third-order valence-electron chi connectivity index (χ3n) is 18.1. The first-order valence-electron chi connectivity index (χ1n) is 30.1. The molecule has 1 aromatic heterocycles. The van der Waals surface area contributed by atoms with Crippen molar-refractivity contribution in [1.82, 2.24) is 10.2 Å². The molecular formula is C70H74N2O19. The average molecular weight is 1250 g/mol. The molecule has 21 nitrogen and oxygen atoms in total. The van der Waals surface area contributed by atoms with Gasteiger partial charge in [0.15, 0.2) is 23.2 Å². The molecule has 2 heterocycles. The highest BCUT2D eigenvalue weighted by Crippen LogP contribution is 2.65. The fourth-order valence-corrected chi connectivity index (χ4v) is 13.6. The summed E-state index contributed by atoms with van der Waals surface area (Å²) in [7, 11) is 3.33. The Balaban J connectivity index is 1.04. The molecule has 4 aliphatic rings. The predicted molar refractivity (Wildman–Crippen MR) is 327 cm³/mol. The normalized spacial score (nSPS) is 25.5. The standard InChI is InChI=1S/C70H74N2O19/c1-40-50(35-70(82)65(83-38-44-23-15-10-16-24-44)63-68(6,64(80)61(85-41(2)73)56(40)67(70,4)5)51(89-55(77)37-72(7)8)34-52-69(63,39-84-52)91-42(3)74)88-66(81)62(57(45-25-17-11-18-26-45)71-36-43-21-13-9-14-22-43)90-54(76)32-31-53(75)86-47-29-30-48-49(33-47)87-60(59(79)58(48)78)46-27-19-12-20-28-46/h9-30,33,50-52,57,61-63,65,71,79,82H,31-32,34-39H2,1-8H3/t50-,51-,52+,57-,61+,62+,63-,65-,68+,69-,70+/m0/s1. The molecule has 0 spiro atoms. The molecule has 10 rings (SSSR count). The van der Waals surface area contributed by atoms with Crippen molar-refractivity contribution in [3.8, 4) is 22.8 Å². The summed E-state index contributed by atoms with van der Waals surface area (Å²) in [6.45, 7) is 8.21. The number of carbonyl (C=O) groups is 7. The smallest absolute Gasteiger partial charge is 0.350 e. The number of aliphatic hydroxyl groups is 1. The van der Waals surface area contributed by atoms with Crippen molar-refractivity contribution < 1.29 is 86.1 Å². The van der Waals surface area contributed by atoms with Crippen LogP contribution in [-0.4, -0.2) is 132 Å². The van der Waals surface area contributed by atoms with Gasteiger partial charge in [-0.05, 0) is 67.9 Å². The molecule has 1 aliphatic heterocycles. The molecule has 6 aromatic rings. The van der Waals surface area contributed by atoms with Crippen molar-refractivity contribution in [3.05, 3.63) is 178 Å². The maximum Gasteiger partial charge on any atom is 0.350 e. The van der Waals surface area contributed by atoms with Gasteiger partial charge in [0.2, 0.25) is 17.3 Å². The number of ether oxygens (including phenoxy) is 8. The van der Waals surface area contributed by atoms with Crippen LogP contribution in [0, 0.1) is 16.7 Å². The fraction of sp³-hybridized carbons (Fsp3) is 0.400. The lowest BCUT2D eigenvalue weighted by atomic mass is 9.44. The summed E-state index contributed by atoms with van der Waals surface area (Å²) in [4.78, 5) is 116. The molecule has 3 N–H and O–H groups in total. The summed E-state index contributed by atoms with van der Waals surface area (Å²) >= 11 is 0. The van der Waals surface area contributed by atoms with Crippen molar-refractivity contribution in [3.63, 3.8) is 0 Å². The summed E-state index contributed by atoms with van der Waals surface area (Å²) in [5, 5.41) is 28.5. The molecule has 0 radical (unpaired) electrons. The van der Waals surface area contributed by atoms with E-state index in [1.807, 2.05) is 36.4 Å². The van der Waals surface area contributed by atoms with Crippen LogP contribution in [-0.2, 0) is 79.9 Å². The number of hydrogen-bond acceptors (Lipinski definition) is 21. The zero-order chi connectivity index (χ0) is 65.2. The van der Waals surface area contributed by atoms with Crippen molar-refractivity contribution in [2.24, 2.45) is 16.7 Å². The van der Waals surface area contributed by atoms with Gasteiger partial charge in [0, 0.05) is 56.2 Å². The minimum Gasteiger partial charge on any atom is -0.502 e. The van der Waals surface area contributed by atoms with Crippen molar-refractivity contribution in [2.45, 2.75) is 134 Å². The molecule has 478 valence electrons. The number of nitrogens with zero attached hydrogens (tertiary/aromatic N) is 1. The first-order valence-corrected chi connectivity index (χ1v) is 30.1. The minimum absolute atomic E-state index is 0.00723. The van der Waals surface area contributed by atoms with Crippen molar-refractivity contribution in [2.75, 3.05) is 27.2 Å². The molecule has 5 aromatic carbocycles. The van der Waals surface area contributed by atoms with Crippen LogP contribution in [0.5, 0.6) is 11.5 Å². The van der Waals surface area contributed by atoms with E-state index in [4.69, 9.17) is 42.3 Å². The maximum atomic E-state index is 16.4. The van der Waals surface area contributed by atoms with Gasteiger partial charge in [-0.3, -0.25) is 38.5 Å². The van der Waals surface area contributed by atoms with Gasteiger partial charge >= 0.3 is 35.8 Å². The monoisotopic (exact) mass is 1250 g/mol. The van der Waals surface area contributed by atoms with E-state index in [9.17, 15) is 39.0 Å². The van der Waals surface area contributed by atoms with E-state index in [-0.39, 0.29) is 66.3 Å². The number of aromatic hydroxyl groups is 1. The molecule has 0 amide bonds. The molecule has 1 saturated heterocycles. The number of nitrogens with one attached hydrogen (secondary N) is 1. The highest BCUT2D eigenvalue weighted by atomic mass is 16.6. The zero-order valence-corrected chi connectivity index (χ0v) is 51.8. The average Bonchev–Trinajstić information content (AvgIpc) is 0.670. The molecule has 91 heavy (non-hydrogen) atoms. The van der Waals surface area contributed by atoms with Crippen LogP contribution in [0.1, 0.15) is 90.0 Å². The van der Waals surface area contributed by atoms with E-state index >= 15 is 9.59 Å². The number of carbonyl (C=O) groups excluding carboxylic acids is 7. The number of benzene rings is 5. The van der Waals surface area contributed by atoms with Crippen molar-refractivity contribution >= 4 is 52.6 Å². The topological polar surface area (TPSA) is 279 Å². The van der Waals surface area contributed by atoms with Crippen LogP contribution in [0.3, 0.4) is 0 Å². The van der Waals surface area contributed by atoms with E-state index in [0.717, 1.165) is 12.5 Å². The predicted octanol–water partition coefficient (Wildman–Crippen LogP) is 7.98. The number of Topliss-reactive ketones (excluding diaryl/α,β-unsaturated/α-hetero) is 1. The third-order valence-corrected chi connectivity index (χ3v) is 18.1. The van der Waals surface area contributed by atoms with Crippen LogP contribution in [0.15, 0.2) is 160 Å². The number of fused-ring (bicyclic) bond motifs is 6. The van der Waals surface area contributed by atoms with Crippen LogP contribution >= 0.6 is 0 Å². The molecule has 11 atom stereocenters. The van der Waals surface area contributed by atoms with Crippen molar-refractivity contribution in [1.29, 1.82) is 0 Å². The summed E-state index contributed by atoms with van der Waals surface area (Å²) < 4.78 is 56.5. The van der Waals surface area contributed by atoms with E-state index in [1.165, 1.54) is 32.0 Å². The van der Waals surface area contributed by atoms with Gasteiger partial charge in [0.1, 0.15) is 35.2 Å². The largest absolute Gasteiger partial charge is 0.502 e. The van der Waals surface area contributed by atoms with Gasteiger partial charge in [0.05, 0.1) is 55.5 Å². The molecule has 3 fully saturated rings. The molecule has 0 unspecified atom stereocenters. The van der Waals surface area contributed by atoms with Crippen LogP contribution < -0.4 is 15.5 Å². The summed E-state index contributed by atoms with van der Waals surface area (Å²) in [5.41, 5.74) is -5.83.